The lowest BCUT2D eigenvalue weighted by Gasteiger charge is -2.35. The number of fused-ring (bicyclic) bond motifs is 1. The zero-order chi connectivity index (χ0) is 19.6. The molecular weight excluding hydrogens is 342 g/mol. The third kappa shape index (κ3) is 3.87. The SMILES string of the molecule is COC(=O)c1ccc2c(c1)/C(=C/C(=O)c1ccccc1OC)NC(C)(C)C2. The van der Waals surface area contributed by atoms with Crippen LogP contribution in [0.5, 0.6) is 5.75 Å². The highest BCUT2D eigenvalue weighted by atomic mass is 16.5. The van der Waals surface area contributed by atoms with Crippen molar-refractivity contribution in [3.8, 4) is 5.75 Å². The van der Waals surface area contributed by atoms with Crippen molar-refractivity contribution in [2.75, 3.05) is 14.2 Å². The van der Waals surface area contributed by atoms with Gasteiger partial charge in [-0.1, -0.05) is 18.2 Å². The number of esters is 1. The largest absolute Gasteiger partial charge is 0.496 e. The van der Waals surface area contributed by atoms with E-state index in [1.165, 1.54) is 7.11 Å². The van der Waals surface area contributed by atoms with Gasteiger partial charge in [-0.3, -0.25) is 4.79 Å². The van der Waals surface area contributed by atoms with E-state index in [0.29, 0.717) is 22.6 Å². The molecule has 0 amide bonds. The first-order chi connectivity index (χ1) is 12.8. The number of ketones is 1. The number of hydrogen-bond acceptors (Lipinski definition) is 5. The van der Waals surface area contributed by atoms with Crippen LogP contribution in [-0.4, -0.2) is 31.5 Å². The number of hydrogen-bond donors (Lipinski definition) is 1. The summed E-state index contributed by atoms with van der Waals surface area (Å²) in [5, 5.41) is 3.42. The number of nitrogens with one attached hydrogen (secondary N) is 1. The van der Waals surface area contributed by atoms with E-state index in [4.69, 9.17) is 9.47 Å². The van der Waals surface area contributed by atoms with Gasteiger partial charge in [0, 0.05) is 22.9 Å². The van der Waals surface area contributed by atoms with Crippen molar-refractivity contribution < 1.29 is 19.1 Å². The zero-order valence-corrected chi connectivity index (χ0v) is 16.0. The lowest BCUT2D eigenvalue weighted by Crippen LogP contribution is -2.44. The molecule has 1 aliphatic rings. The van der Waals surface area contributed by atoms with Gasteiger partial charge < -0.3 is 14.8 Å². The van der Waals surface area contributed by atoms with Gasteiger partial charge in [-0.05, 0) is 50.1 Å². The van der Waals surface area contributed by atoms with Gasteiger partial charge in [0.1, 0.15) is 5.75 Å². The van der Waals surface area contributed by atoms with Gasteiger partial charge in [0.05, 0.1) is 25.3 Å². The van der Waals surface area contributed by atoms with Crippen molar-refractivity contribution in [2.24, 2.45) is 0 Å². The quantitative estimate of drug-likeness (QED) is 0.509. The normalized spacial score (nSPS) is 16.2. The average molecular weight is 365 g/mol. The predicted octanol–water partition coefficient (Wildman–Crippen LogP) is 3.63. The number of methoxy groups -OCH3 is 2. The molecule has 2 aromatic carbocycles. The van der Waals surface area contributed by atoms with Gasteiger partial charge in [-0.15, -0.1) is 0 Å². The number of carbonyl (C=O) groups is 2. The molecule has 0 radical (unpaired) electrons. The van der Waals surface area contributed by atoms with E-state index in [1.54, 1.807) is 43.5 Å². The molecule has 5 heteroatoms. The van der Waals surface area contributed by atoms with Crippen molar-refractivity contribution in [1.82, 2.24) is 5.32 Å². The van der Waals surface area contributed by atoms with E-state index in [2.05, 4.69) is 19.2 Å². The number of para-hydroxylation sites is 1. The molecule has 27 heavy (non-hydrogen) atoms. The molecule has 140 valence electrons. The minimum Gasteiger partial charge on any atom is -0.496 e. The molecule has 1 aliphatic heterocycles. The maximum absolute atomic E-state index is 12.9. The highest BCUT2D eigenvalue weighted by molar-refractivity contribution is 6.10. The van der Waals surface area contributed by atoms with Gasteiger partial charge in [-0.2, -0.15) is 0 Å². The lowest BCUT2D eigenvalue weighted by molar-refractivity contribution is 0.0600. The third-order valence-corrected chi connectivity index (χ3v) is 4.57. The Morgan fingerprint density at radius 2 is 1.85 bits per heavy atom. The van der Waals surface area contributed by atoms with Crippen molar-refractivity contribution >= 4 is 17.4 Å². The second-order valence-corrected chi connectivity index (χ2v) is 7.17. The molecule has 0 bridgehead atoms. The fraction of sp³-hybridized carbons (Fsp3) is 0.273. The smallest absolute Gasteiger partial charge is 0.337 e. The summed E-state index contributed by atoms with van der Waals surface area (Å²) >= 11 is 0. The summed E-state index contributed by atoms with van der Waals surface area (Å²) in [7, 11) is 2.89. The molecule has 5 nitrogen and oxygen atoms in total. The fourth-order valence-corrected chi connectivity index (χ4v) is 3.35. The summed E-state index contributed by atoms with van der Waals surface area (Å²) in [6.07, 6.45) is 2.35. The molecule has 0 unspecified atom stereocenters. The second kappa shape index (κ2) is 7.27. The van der Waals surface area contributed by atoms with Crippen molar-refractivity contribution in [2.45, 2.75) is 25.8 Å². The van der Waals surface area contributed by atoms with E-state index in [-0.39, 0.29) is 11.3 Å². The Labute approximate surface area is 159 Å². The summed E-state index contributed by atoms with van der Waals surface area (Å²) in [6.45, 7) is 4.15. The molecule has 0 fully saturated rings. The highest BCUT2D eigenvalue weighted by Crippen LogP contribution is 2.31. The minimum absolute atomic E-state index is 0.165. The van der Waals surface area contributed by atoms with E-state index < -0.39 is 5.97 Å². The maximum atomic E-state index is 12.9. The van der Waals surface area contributed by atoms with Crippen LogP contribution >= 0.6 is 0 Å². The van der Waals surface area contributed by atoms with E-state index in [9.17, 15) is 9.59 Å². The first-order valence-corrected chi connectivity index (χ1v) is 8.73. The Morgan fingerprint density at radius 1 is 1.11 bits per heavy atom. The van der Waals surface area contributed by atoms with Crippen molar-refractivity contribution in [1.29, 1.82) is 0 Å². The molecule has 0 atom stereocenters. The van der Waals surface area contributed by atoms with Crippen LogP contribution in [-0.2, 0) is 11.2 Å². The highest BCUT2D eigenvalue weighted by Gasteiger charge is 2.29. The second-order valence-electron chi connectivity index (χ2n) is 7.17. The average Bonchev–Trinajstić information content (AvgIpc) is 2.66. The monoisotopic (exact) mass is 365 g/mol. The lowest BCUT2D eigenvalue weighted by atomic mass is 9.84. The van der Waals surface area contributed by atoms with Crippen LogP contribution in [0.2, 0.25) is 0 Å². The molecule has 0 saturated carbocycles. The van der Waals surface area contributed by atoms with Crippen LogP contribution in [0.1, 0.15) is 45.7 Å². The number of carbonyl (C=O) groups excluding carboxylic acids is 2. The molecule has 3 rings (SSSR count). The van der Waals surface area contributed by atoms with Crippen LogP contribution in [0.25, 0.3) is 5.70 Å². The number of allylic oxidation sites excluding steroid dienone is 1. The molecule has 0 aliphatic carbocycles. The van der Waals surface area contributed by atoms with Gasteiger partial charge >= 0.3 is 5.97 Å². The van der Waals surface area contributed by atoms with E-state index >= 15 is 0 Å². The molecule has 2 aromatic rings. The Hall–Kier alpha value is -3.08. The Bertz CT molecular complexity index is 928. The molecule has 0 aromatic heterocycles. The van der Waals surface area contributed by atoms with Gasteiger partial charge in [0.2, 0.25) is 0 Å². The first-order valence-electron chi connectivity index (χ1n) is 8.73. The third-order valence-electron chi connectivity index (χ3n) is 4.57. The van der Waals surface area contributed by atoms with Crippen molar-refractivity contribution in [3.05, 3.63) is 70.8 Å². The minimum atomic E-state index is -0.405. The number of benzene rings is 2. The van der Waals surface area contributed by atoms with Crippen LogP contribution in [0.3, 0.4) is 0 Å². The summed E-state index contributed by atoms with van der Waals surface area (Å²) < 4.78 is 10.1. The summed E-state index contributed by atoms with van der Waals surface area (Å²) in [5.74, 6) is -0.0435. The van der Waals surface area contributed by atoms with Gasteiger partial charge in [0.15, 0.2) is 5.78 Å². The molecule has 0 saturated heterocycles. The van der Waals surface area contributed by atoms with Crippen LogP contribution in [0.4, 0.5) is 0 Å². The topological polar surface area (TPSA) is 64.6 Å². The molecule has 1 N–H and O–H groups in total. The van der Waals surface area contributed by atoms with Crippen LogP contribution < -0.4 is 10.1 Å². The molecule has 1 heterocycles. The Kier molecular flexibility index (Phi) is 5.04. The van der Waals surface area contributed by atoms with E-state index in [0.717, 1.165) is 17.5 Å². The van der Waals surface area contributed by atoms with Crippen LogP contribution in [0, 0.1) is 0 Å². The molecule has 0 spiro atoms. The Balaban J connectivity index is 2.08. The van der Waals surface area contributed by atoms with E-state index in [1.807, 2.05) is 12.1 Å². The van der Waals surface area contributed by atoms with Gasteiger partial charge in [-0.25, -0.2) is 4.79 Å². The zero-order valence-electron chi connectivity index (χ0n) is 16.0. The standard InChI is InChI=1S/C22H23NO4/c1-22(2)13-15-10-9-14(21(25)27-4)11-17(15)18(23-22)12-19(24)16-7-5-6-8-20(16)26-3/h5-12,23H,13H2,1-4H3/b18-12-. The molecular formula is C22H23NO4. The fourth-order valence-electron chi connectivity index (χ4n) is 3.35. The van der Waals surface area contributed by atoms with Crippen molar-refractivity contribution in [3.63, 3.8) is 0 Å². The van der Waals surface area contributed by atoms with Crippen LogP contribution in [0.15, 0.2) is 48.5 Å². The first kappa shape index (κ1) is 18.7. The Morgan fingerprint density at radius 3 is 2.56 bits per heavy atom. The maximum Gasteiger partial charge on any atom is 0.337 e. The number of ether oxygens (including phenoxy) is 2. The number of rotatable bonds is 4. The summed E-state index contributed by atoms with van der Waals surface area (Å²) in [6, 6.07) is 12.6. The summed E-state index contributed by atoms with van der Waals surface area (Å²) in [5.41, 5.74) is 3.32. The van der Waals surface area contributed by atoms with Gasteiger partial charge in [0.25, 0.3) is 0 Å². The predicted molar refractivity (Wildman–Crippen MR) is 104 cm³/mol. The summed E-state index contributed by atoms with van der Waals surface area (Å²) in [4.78, 5) is 24.8.